The zero-order chi connectivity index (χ0) is 16.6. The molecule has 0 saturated carbocycles. The van der Waals surface area contributed by atoms with Crippen LogP contribution in [0.15, 0.2) is 53.5 Å². The largest absolute Gasteiger partial charge is 0.325 e. The summed E-state index contributed by atoms with van der Waals surface area (Å²) in [5.41, 5.74) is 4.25. The maximum atomic E-state index is 12.7. The molecule has 0 bridgehead atoms. The van der Waals surface area contributed by atoms with Crippen molar-refractivity contribution in [1.82, 2.24) is 4.90 Å². The predicted molar refractivity (Wildman–Crippen MR) is 97.3 cm³/mol. The topological polar surface area (TPSA) is 44.7 Å². The molecule has 1 atom stereocenters. The normalized spacial score (nSPS) is 23.1. The smallest absolute Gasteiger partial charge is 0.232 e. The summed E-state index contributed by atoms with van der Waals surface area (Å²) in [5.74, 6) is 0.147. The minimum Gasteiger partial charge on any atom is -0.325 e. The van der Waals surface area contributed by atoms with Crippen LogP contribution in [0.25, 0.3) is 11.1 Å². The third-order valence-corrected chi connectivity index (χ3v) is 5.20. The van der Waals surface area contributed by atoms with E-state index in [1.807, 2.05) is 12.1 Å². The number of benzene rings is 2. The van der Waals surface area contributed by atoms with Crippen LogP contribution in [0.5, 0.6) is 0 Å². The number of carbonyl (C=O) groups excluding carboxylic acids is 1. The zero-order valence-corrected chi connectivity index (χ0v) is 13.7. The van der Waals surface area contributed by atoms with Crippen LogP contribution in [0.3, 0.4) is 0 Å². The monoisotopic (exact) mass is 319 g/mol. The van der Waals surface area contributed by atoms with Gasteiger partial charge in [-0.2, -0.15) is 0 Å². The molecule has 0 aromatic heterocycles. The lowest BCUT2D eigenvalue weighted by Gasteiger charge is -2.34. The Balaban J connectivity index is 1.66. The van der Waals surface area contributed by atoms with Crippen LogP contribution in [0.2, 0.25) is 0 Å². The van der Waals surface area contributed by atoms with E-state index in [0.29, 0.717) is 6.67 Å². The minimum atomic E-state index is -0.326. The molecular weight excluding hydrogens is 298 g/mol. The first-order valence-corrected chi connectivity index (χ1v) is 8.35. The summed E-state index contributed by atoms with van der Waals surface area (Å²) >= 11 is 0. The number of nitrogens with one attached hydrogen (secondary N) is 1. The number of aliphatic imine (C=N–C) groups is 1. The number of nitrogens with zero attached hydrogens (tertiary/aromatic N) is 2. The second-order valence-electron chi connectivity index (χ2n) is 6.82. The lowest BCUT2D eigenvalue weighted by atomic mass is 9.76. The highest BCUT2D eigenvalue weighted by Gasteiger charge is 2.47. The summed E-state index contributed by atoms with van der Waals surface area (Å²) < 4.78 is 0. The number of amides is 1. The molecule has 2 aliphatic heterocycles. The highest BCUT2D eigenvalue weighted by atomic mass is 16.2. The van der Waals surface area contributed by atoms with E-state index < -0.39 is 0 Å². The number of carbonyl (C=O) groups is 1. The van der Waals surface area contributed by atoms with Gasteiger partial charge in [-0.15, -0.1) is 0 Å². The molecule has 1 saturated heterocycles. The van der Waals surface area contributed by atoms with Crippen molar-refractivity contribution in [2.24, 2.45) is 10.4 Å². The first kappa shape index (κ1) is 15.1. The van der Waals surface area contributed by atoms with E-state index in [0.717, 1.165) is 31.6 Å². The number of rotatable bonds is 3. The van der Waals surface area contributed by atoms with E-state index in [2.05, 4.69) is 58.3 Å². The van der Waals surface area contributed by atoms with Gasteiger partial charge in [0, 0.05) is 18.8 Å². The van der Waals surface area contributed by atoms with Gasteiger partial charge in [-0.05, 0) is 48.4 Å². The van der Waals surface area contributed by atoms with E-state index in [-0.39, 0.29) is 11.3 Å². The average molecular weight is 319 g/mol. The van der Waals surface area contributed by atoms with E-state index in [1.165, 1.54) is 16.7 Å². The van der Waals surface area contributed by atoms with Gasteiger partial charge in [0.2, 0.25) is 5.91 Å². The van der Waals surface area contributed by atoms with Gasteiger partial charge in [0.05, 0.1) is 12.1 Å². The van der Waals surface area contributed by atoms with Gasteiger partial charge < -0.3 is 5.32 Å². The van der Waals surface area contributed by atoms with Crippen LogP contribution in [0.4, 0.5) is 5.69 Å². The standard InChI is InChI=1S/C20H21N3O/c1-21-14-23-10-9-20(13-23)12-17-11-16(15-5-3-2-4-6-15)7-8-18(17)22-19(20)24/h2-8,11H,1,9-10,12-14H2,(H,22,24)/t20-/m0/s1. The third-order valence-electron chi connectivity index (χ3n) is 5.20. The van der Waals surface area contributed by atoms with Crippen LogP contribution < -0.4 is 5.32 Å². The molecule has 1 amide bonds. The molecule has 4 heteroatoms. The number of likely N-dealkylation sites (tertiary alicyclic amines) is 1. The second-order valence-corrected chi connectivity index (χ2v) is 6.82. The molecule has 2 aromatic rings. The van der Waals surface area contributed by atoms with Gasteiger partial charge in [-0.1, -0.05) is 36.4 Å². The van der Waals surface area contributed by atoms with Crippen molar-refractivity contribution >= 4 is 18.3 Å². The van der Waals surface area contributed by atoms with Crippen LogP contribution in [-0.4, -0.2) is 37.3 Å². The SMILES string of the molecule is C=NCN1CC[C@]2(Cc3cc(-c4ccccc4)ccc3NC2=O)C1. The van der Waals surface area contributed by atoms with Crippen molar-refractivity contribution in [3.63, 3.8) is 0 Å². The van der Waals surface area contributed by atoms with Crippen molar-refractivity contribution < 1.29 is 4.79 Å². The van der Waals surface area contributed by atoms with Crippen LogP contribution >= 0.6 is 0 Å². The van der Waals surface area contributed by atoms with E-state index in [9.17, 15) is 4.79 Å². The molecule has 0 aliphatic carbocycles. The maximum absolute atomic E-state index is 12.7. The minimum absolute atomic E-state index is 0.147. The molecular formula is C20H21N3O. The quantitative estimate of drug-likeness (QED) is 0.883. The fourth-order valence-electron chi connectivity index (χ4n) is 3.92. The van der Waals surface area contributed by atoms with Gasteiger partial charge in [-0.25, -0.2) is 0 Å². The molecule has 24 heavy (non-hydrogen) atoms. The molecule has 0 unspecified atom stereocenters. The molecule has 4 rings (SSSR count). The Morgan fingerprint density at radius 1 is 1.17 bits per heavy atom. The first-order chi connectivity index (χ1) is 11.7. The predicted octanol–water partition coefficient (Wildman–Crippen LogP) is 3.20. The summed E-state index contributed by atoms with van der Waals surface area (Å²) in [5, 5.41) is 3.12. The molecule has 1 fully saturated rings. The molecule has 1 N–H and O–H groups in total. The molecule has 0 radical (unpaired) electrons. The van der Waals surface area contributed by atoms with Crippen molar-refractivity contribution in [3.05, 3.63) is 54.1 Å². The second kappa shape index (κ2) is 5.87. The van der Waals surface area contributed by atoms with Gasteiger partial charge in [-0.3, -0.25) is 14.7 Å². The third kappa shape index (κ3) is 2.53. The van der Waals surface area contributed by atoms with Crippen molar-refractivity contribution in [2.75, 3.05) is 25.1 Å². The van der Waals surface area contributed by atoms with Crippen molar-refractivity contribution in [1.29, 1.82) is 0 Å². The van der Waals surface area contributed by atoms with E-state index in [1.54, 1.807) is 0 Å². The lowest BCUT2D eigenvalue weighted by molar-refractivity contribution is -0.125. The van der Waals surface area contributed by atoms with Gasteiger partial charge in [0.1, 0.15) is 0 Å². The Morgan fingerprint density at radius 2 is 2.00 bits per heavy atom. The number of hydrogen-bond acceptors (Lipinski definition) is 3. The Kier molecular flexibility index (Phi) is 3.69. The fraction of sp³-hybridized carbons (Fsp3) is 0.300. The molecule has 4 nitrogen and oxygen atoms in total. The first-order valence-electron chi connectivity index (χ1n) is 8.35. The van der Waals surface area contributed by atoms with E-state index >= 15 is 0 Å². The maximum Gasteiger partial charge on any atom is 0.232 e. The van der Waals surface area contributed by atoms with Crippen LogP contribution in [-0.2, 0) is 11.2 Å². The van der Waals surface area contributed by atoms with E-state index in [4.69, 9.17) is 0 Å². The summed E-state index contributed by atoms with van der Waals surface area (Å²) in [6.07, 6.45) is 1.67. The Bertz CT molecular complexity index is 787. The van der Waals surface area contributed by atoms with Crippen molar-refractivity contribution in [2.45, 2.75) is 12.8 Å². The van der Waals surface area contributed by atoms with Crippen molar-refractivity contribution in [3.8, 4) is 11.1 Å². The highest BCUT2D eigenvalue weighted by molar-refractivity contribution is 5.99. The Labute approximate surface area is 142 Å². The number of fused-ring (bicyclic) bond motifs is 1. The average Bonchev–Trinajstić information content (AvgIpc) is 3.00. The molecule has 2 aromatic carbocycles. The molecule has 122 valence electrons. The van der Waals surface area contributed by atoms with Crippen LogP contribution in [0, 0.1) is 5.41 Å². The molecule has 2 heterocycles. The molecule has 2 aliphatic rings. The summed E-state index contributed by atoms with van der Waals surface area (Å²) in [7, 11) is 0. The van der Waals surface area contributed by atoms with Crippen LogP contribution in [0.1, 0.15) is 12.0 Å². The lowest BCUT2D eigenvalue weighted by Crippen LogP contribution is -2.44. The Hall–Kier alpha value is -2.46. The number of hydrogen-bond donors (Lipinski definition) is 1. The van der Waals surface area contributed by atoms with Gasteiger partial charge in [0.25, 0.3) is 0 Å². The number of anilines is 1. The fourth-order valence-corrected chi connectivity index (χ4v) is 3.92. The highest BCUT2D eigenvalue weighted by Crippen LogP contribution is 2.41. The summed E-state index contributed by atoms with van der Waals surface area (Å²) in [6.45, 7) is 5.83. The summed E-state index contributed by atoms with van der Waals surface area (Å²) in [4.78, 5) is 18.9. The summed E-state index contributed by atoms with van der Waals surface area (Å²) in [6, 6.07) is 16.7. The Morgan fingerprint density at radius 3 is 2.79 bits per heavy atom. The molecule has 1 spiro atoms. The van der Waals surface area contributed by atoms with Gasteiger partial charge in [0.15, 0.2) is 0 Å². The van der Waals surface area contributed by atoms with Gasteiger partial charge >= 0.3 is 0 Å². The zero-order valence-electron chi connectivity index (χ0n) is 13.7.